The lowest BCUT2D eigenvalue weighted by atomic mass is 10.2. The summed E-state index contributed by atoms with van der Waals surface area (Å²) >= 11 is 0. The fraction of sp³-hybridized carbons (Fsp3) is 0.136. The highest BCUT2D eigenvalue weighted by atomic mass is 16.5. The number of aromatic nitrogens is 2. The van der Waals surface area contributed by atoms with E-state index in [1.807, 2.05) is 54.6 Å². The van der Waals surface area contributed by atoms with E-state index in [2.05, 4.69) is 16.7 Å². The van der Waals surface area contributed by atoms with Gasteiger partial charge >= 0.3 is 0 Å². The van der Waals surface area contributed by atoms with Crippen LogP contribution < -0.4 is 4.74 Å². The summed E-state index contributed by atoms with van der Waals surface area (Å²) in [6.45, 7) is 4.29. The quantitative estimate of drug-likeness (QED) is 0.440. The van der Waals surface area contributed by atoms with E-state index in [-0.39, 0.29) is 12.5 Å². The lowest BCUT2D eigenvalue weighted by Gasteiger charge is -2.16. The summed E-state index contributed by atoms with van der Waals surface area (Å²) in [6, 6.07) is 17.0. The molecular formula is C22H21N3O3. The summed E-state index contributed by atoms with van der Waals surface area (Å²) < 4.78 is 10.5. The van der Waals surface area contributed by atoms with Crippen LogP contribution in [0, 0.1) is 0 Å². The van der Waals surface area contributed by atoms with Crippen molar-refractivity contribution < 1.29 is 14.1 Å². The molecule has 0 atom stereocenters. The van der Waals surface area contributed by atoms with Gasteiger partial charge in [0.15, 0.2) is 0 Å². The minimum absolute atomic E-state index is 0.159. The predicted molar refractivity (Wildman–Crippen MR) is 107 cm³/mol. The molecule has 3 rings (SSSR count). The molecule has 1 heterocycles. The highest BCUT2D eigenvalue weighted by Crippen LogP contribution is 2.20. The second-order valence-corrected chi connectivity index (χ2v) is 5.99. The van der Waals surface area contributed by atoms with Gasteiger partial charge in [0.05, 0.1) is 7.11 Å². The second-order valence-electron chi connectivity index (χ2n) is 5.99. The average molecular weight is 375 g/mol. The van der Waals surface area contributed by atoms with Crippen LogP contribution in [-0.4, -0.2) is 34.6 Å². The van der Waals surface area contributed by atoms with Crippen LogP contribution in [0.4, 0.5) is 0 Å². The van der Waals surface area contributed by atoms with Gasteiger partial charge in [-0.3, -0.25) is 4.79 Å². The molecule has 142 valence electrons. The Labute approximate surface area is 163 Å². The van der Waals surface area contributed by atoms with Gasteiger partial charge in [-0.15, -0.1) is 6.58 Å². The van der Waals surface area contributed by atoms with Crippen molar-refractivity contribution in [3.8, 4) is 17.1 Å². The molecule has 0 fully saturated rings. The van der Waals surface area contributed by atoms with Crippen LogP contribution in [0.5, 0.6) is 5.75 Å². The van der Waals surface area contributed by atoms with E-state index in [1.165, 1.54) is 6.08 Å². The number of nitrogens with zero attached hydrogens (tertiary/aromatic N) is 3. The van der Waals surface area contributed by atoms with Crippen LogP contribution >= 0.6 is 0 Å². The van der Waals surface area contributed by atoms with E-state index < -0.39 is 0 Å². The van der Waals surface area contributed by atoms with E-state index >= 15 is 0 Å². The molecule has 3 aromatic rings. The minimum Gasteiger partial charge on any atom is -0.497 e. The second kappa shape index (κ2) is 9.32. The zero-order valence-electron chi connectivity index (χ0n) is 15.6. The van der Waals surface area contributed by atoms with Gasteiger partial charge in [0.25, 0.3) is 0 Å². The smallest absolute Gasteiger partial charge is 0.247 e. The van der Waals surface area contributed by atoms with Crippen molar-refractivity contribution in [1.82, 2.24) is 15.0 Å². The molecule has 28 heavy (non-hydrogen) atoms. The van der Waals surface area contributed by atoms with E-state index in [9.17, 15) is 4.79 Å². The first kappa shape index (κ1) is 19.1. The first-order chi connectivity index (χ1) is 13.7. The van der Waals surface area contributed by atoms with Gasteiger partial charge in [-0.05, 0) is 35.9 Å². The van der Waals surface area contributed by atoms with Crippen molar-refractivity contribution in [1.29, 1.82) is 0 Å². The number of carbonyl (C=O) groups excluding carboxylic acids is 1. The van der Waals surface area contributed by atoms with E-state index in [0.717, 1.165) is 16.9 Å². The molecule has 0 unspecified atom stereocenters. The highest BCUT2D eigenvalue weighted by molar-refractivity contribution is 5.91. The van der Waals surface area contributed by atoms with Crippen molar-refractivity contribution in [2.45, 2.75) is 6.54 Å². The first-order valence-electron chi connectivity index (χ1n) is 8.79. The molecule has 0 saturated carbocycles. The summed E-state index contributed by atoms with van der Waals surface area (Å²) in [5.41, 5.74) is 1.76. The Morgan fingerprint density at radius 1 is 1.18 bits per heavy atom. The van der Waals surface area contributed by atoms with E-state index in [4.69, 9.17) is 9.26 Å². The van der Waals surface area contributed by atoms with Crippen molar-refractivity contribution in [3.05, 3.63) is 84.8 Å². The van der Waals surface area contributed by atoms with Crippen molar-refractivity contribution >= 4 is 12.0 Å². The summed E-state index contributed by atoms with van der Waals surface area (Å²) in [4.78, 5) is 18.5. The predicted octanol–water partition coefficient (Wildman–Crippen LogP) is 3.97. The summed E-state index contributed by atoms with van der Waals surface area (Å²) in [5.74, 6) is 1.41. The van der Waals surface area contributed by atoms with Crippen molar-refractivity contribution in [3.63, 3.8) is 0 Å². The topological polar surface area (TPSA) is 68.5 Å². The molecule has 0 N–H and O–H groups in total. The van der Waals surface area contributed by atoms with Crippen LogP contribution in [0.3, 0.4) is 0 Å². The number of ether oxygens (including phenoxy) is 1. The van der Waals surface area contributed by atoms with Gasteiger partial charge in [-0.1, -0.05) is 41.6 Å². The third kappa shape index (κ3) is 4.94. The number of benzene rings is 2. The van der Waals surface area contributed by atoms with Crippen LogP contribution in [0.15, 0.2) is 77.9 Å². The molecule has 0 aliphatic carbocycles. The molecule has 6 heteroatoms. The normalized spacial score (nSPS) is 10.8. The van der Waals surface area contributed by atoms with Gasteiger partial charge < -0.3 is 14.2 Å². The number of methoxy groups -OCH3 is 1. The molecular weight excluding hydrogens is 354 g/mol. The average Bonchev–Trinajstić information content (AvgIpc) is 3.21. The Kier molecular flexibility index (Phi) is 6.36. The van der Waals surface area contributed by atoms with Gasteiger partial charge in [0.1, 0.15) is 12.3 Å². The van der Waals surface area contributed by atoms with E-state index in [0.29, 0.717) is 18.3 Å². The Hall–Kier alpha value is -3.67. The number of carbonyl (C=O) groups is 1. The van der Waals surface area contributed by atoms with E-state index in [1.54, 1.807) is 24.2 Å². The van der Waals surface area contributed by atoms with Crippen molar-refractivity contribution in [2.75, 3.05) is 13.7 Å². The molecule has 6 nitrogen and oxygen atoms in total. The maximum atomic E-state index is 12.5. The van der Waals surface area contributed by atoms with Crippen LogP contribution in [0.1, 0.15) is 11.5 Å². The van der Waals surface area contributed by atoms with Crippen LogP contribution in [-0.2, 0) is 11.3 Å². The maximum absolute atomic E-state index is 12.5. The number of hydrogen-bond acceptors (Lipinski definition) is 5. The lowest BCUT2D eigenvalue weighted by molar-refractivity contribution is -0.126. The number of rotatable bonds is 8. The molecule has 0 spiro atoms. The Bertz CT molecular complexity index is 947. The van der Waals surface area contributed by atoms with Crippen LogP contribution in [0.25, 0.3) is 17.5 Å². The molecule has 0 saturated heterocycles. The third-order valence-electron chi connectivity index (χ3n) is 4.02. The lowest BCUT2D eigenvalue weighted by Crippen LogP contribution is -2.29. The SMILES string of the molecule is C=CCN(Cc1nc(-c2ccc(OC)cc2)no1)C(=O)/C=C/c1ccccc1. The standard InChI is InChI=1S/C22H21N3O3/c1-3-15-25(21(26)14-9-17-7-5-4-6-8-17)16-20-23-22(24-28-20)18-10-12-19(27-2)13-11-18/h3-14H,1,15-16H2,2H3/b14-9+. The Balaban J connectivity index is 1.70. The maximum Gasteiger partial charge on any atom is 0.247 e. The first-order valence-corrected chi connectivity index (χ1v) is 8.79. The van der Waals surface area contributed by atoms with Crippen LogP contribution in [0.2, 0.25) is 0 Å². The molecule has 0 aliphatic rings. The monoisotopic (exact) mass is 375 g/mol. The van der Waals surface area contributed by atoms with Crippen molar-refractivity contribution in [2.24, 2.45) is 0 Å². The zero-order valence-corrected chi connectivity index (χ0v) is 15.6. The highest BCUT2D eigenvalue weighted by Gasteiger charge is 2.15. The minimum atomic E-state index is -0.159. The Morgan fingerprint density at radius 3 is 2.61 bits per heavy atom. The van der Waals surface area contributed by atoms with Gasteiger partial charge in [0, 0.05) is 18.2 Å². The molecule has 1 amide bonds. The molecule has 1 aromatic heterocycles. The summed E-state index contributed by atoms with van der Waals surface area (Å²) in [7, 11) is 1.61. The van der Waals surface area contributed by atoms with Gasteiger partial charge in [-0.2, -0.15) is 4.98 Å². The fourth-order valence-electron chi connectivity index (χ4n) is 2.57. The fourth-order valence-corrected chi connectivity index (χ4v) is 2.57. The van der Waals surface area contributed by atoms with Gasteiger partial charge in [0.2, 0.25) is 17.6 Å². The molecule has 0 radical (unpaired) electrons. The largest absolute Gasteiger partial charge is 0.497 e. The molecule has 0 bridgehead atoms. The molecule has 2 aromatic carbocycles. The third-order valence-corrected chi connectivity index (χ3v) is 4.02. The zero-order chi connectivity index (χ0) is 19.8. The summed E-state index contributed by atoms with van der Waals surface area (Å²) in [5, 5.41) is 4.00. The molecule has 0 aliphatic heterocycles. The number of hydrogen-bond donors (Lipinski definition) is 0. The van der Waals surface area contributed by atoms with Gasteiger partial charge in [-0.25, -0.2) is 0 Å². The summed E-state index contributed by atoms with van der Waals surface area (Å²) in [6.07, 6.45) is 4.96. The Morgan fingerprint density at radius 2 is 1.93 bits per heavy atom. The number of amides is 1.